The van der Waals surface area contributed by atoms with E-state index in [-0.39, 0.29) is 6.29 Å². The van der Waals surface area contributed by atoms with Crippen LogP contribution in [0.5, 0.6) is 0 Å². The number of rotatable bonds is 2. The van der Waals surface area contributed by atoms with Crippen molar-refractivity contribution in [1.82, 2.24) is 4.90 Å². The van der Waals surface area contributed by atoms with E-state index in [0.717, 1.165) is 0 Å². The van der Waals surface area contributed by atoms with E-state index in [1.165, 1.54) is 4.90 Å². The standard InChI is InChI=1S/C11H18FNO3/c1-11(2,3)16-10(15)13-6-4-5-9(13)8(12)7-14/h7-9H,4-6H2,1-3H3. The highest BCUT2D eigenvalue weighted by atomic mass is 19.1. The molecule has 0 saturated carbocycles. The summed E-state index contributed by atoms with van der Waals surface area (Å²) in [5.74, 6) is 0. The van der Waals surface area contributed by atoms with Crippen molar-refractivity contribution in [2.45, 2.75) is 51.4 Å². The van der Waals surface area contributed by atoms with Crippen LogP contribution in [-0.4, -0.2) is 41.6 Å². The van der Waals surface area contributed by atoms with Gasteiger partial charge >= 0.3 is 6.09 Å². The van der Waals surface area contributed by atoms with Gasteiger partial charge in [-0.25, -0.2) is 9.18 Å². The molecule has 0 aliphatic carbocycles. The molecule has 0 N–H and O–H groups in total. The molecule has 1 rings (SSSR count). The summed E-state index contributed by atoms with van der Waals surface area (Å²) in [5, 5.41) is 0. The Morgan fingerprint density at radius 2 is 2.19 bits per heavy atom. The average molecular weight is 231 g/mol. The van der Waals surface area contributed by atoms with Crippen molar-refractivity contribution >= 4 is 12.4 Å². The maximum Gasteiger partial charge on any atom is 0.410 e. The number of amides is 1. The minimum absolute atomic E-state index is 0.243. The molecule has 0 aromatic carbocycles. The van der Waals surface area contributed by atoms with Gasteiger partial charge in [0.15, 0.2) is 12.5 Å². The highest BCUT2D eigenvalue weighted by Crippen LogP contribution is 2.23. The highest BCUT2D eigenvalue weighted by molar-refractivity contribution is 5.70. The Kier molecular flexibility index (Phi) is 3.88. The van der Waals surface area contributed by atoms with Crippen LogP contribution in [0.3, 0.4) is 0 Å². The number of hydrogen-bond acceptors (Lipinski definition) is 3. The number of nitrogens with zero attached hydrogens (tertiary/aromatic N) is 1. The molecular formula is C11H18FNO3. The predicted molar refractivity (Wildman–Crippen MR) is 56.9 cm³/mol. The molecule has 16 heavy (non-hydrogen) atoms. The van der Waals surface area contributed by atoms with Gasteiger partial charge in [0.05, 0.1) is 6.04 Å². The van der Waals surface area contributed by atoms with E-state index >= 15 is 0 Å². The molecule has 1 saturated heterocycles. The molecule has 1 amide bonds. The summed E-state index contributed by atoms with van der Waals surface area (Å²) in [5.41, 5.74) is -0.600. The Morgan fingerprint density at radius 1 is 1.56 bits per heavy atom. The fourth-order valence-electron chi connectivity index (χ4n) is 1.76. The molecule has 0 bridgehead atoms. The largest absolute Gasteiger partial charge is 0.444 e. The third-order valence-corrected chi connectivity index (χ3v) is 2.42. The minimum atomic E-state index is -1.62. The minimum Gasteiger partial charge on any atom is -0.444 e. The summed E-state index contributed by atoms with van der Waals surface area (Å²) >= 11 is 0. The maximum atomic E-state index is 13.3. The lowest BCUT2D eigenvalue weighted by Gasteiger charge is -2.28. The number of likely N-dealkylation sites (tertiary alicyclic amines) is 1. The summed E-state index contributed by atoms with van der Waals surface area (Å²) < 4.78 is 18.4. The first kappa shape index (κ1) is 12.9. The third-order valence-electron chi connectivity index (χ3n) is 2.42. The number of aldehydes is 1. The molecule has 2 atom stereocenters. The second kappa shape index (κ2) is 4.80. The SMILES string of the molecule is CC(C)(C)OC(=O)N1CCCC1C(F)C=O. The lowest BCUT2D eigenvalue weighted by atomic mass is 10.1. The van der Waals surface area contributed by atoms with E-state index < -0.39 is 23.9 Å². The van der Waals surface area contributed by atoms with Gasteiger partial charge in [-0.1, -0.05) is 0 Å². The monoisotopic (exact) mass is 231 g/mol. The fourth-order valence-corrected chi connectivity index (χ4v) is 1.76. The van der Waals surface area contributed by atoms with Gasteiger partial charge in [0.1, 0.15) is 5.60 Å². The lowest BCUT2D eigenvalue weighted by Crippen LogP contribution is -2.44. The molecule has 1 fully saturated rings. The van der Waals surface area contributed by atoms with Crippen LogP contribution in [0.4, 0.5) is 9.18 Å². The second-order valence-electron chi connectivity index (χ2n) is 4.96. The van der Waals surface area contributed by atoms with Crippen LogP contribution in [0.2, 0.25) is 0 Å². The zero-order valence-electron chi connectivity index (χ0n) is 9.90. The molecule has 0 aromatic heterocycles. The topological polar surface area (TPSA) is 46.6 Å². The Balaban J connectivity index is 2.64. The summed E-state index contributed by atoms with van der Waals surface area (Å²) in [4.78, 5) is 23.4. The average Bonchev–Trinajstić information content (AvgIpc) is 2.62. The van der Waals surface area contributed by atoms with Crippen LogP contribution >= 0.6 is 0 Å². The van der Waals surface area contributed by atoms with Crippen molar-refractivity contribution in [3.05, 3.63) is 0 Å². The number of carbonyl (C=O) groups excluding carboxylic acids is 2. The van der Waals surface area contributed by atoms with E-state index in [4.69, 9.17) is 4.74 Å². The Bertz CT molecular complexity index is 275. The first-order valence-electron chi connectivity index (χ1n) is 5.44. The first-order valence-corrected chi connectivity index (χ1v) is 5.44. The summed E-state index contributed by atoms with van der Waals surface area (Å²) in [6, 6.07) is -0.660. The smallest absolute Gasteiger partial charge is 0.410 e. The normalized spacial score (nSPS) is 23.0. The molecule has 0 radical (unpaired) electrons. The summed E-state index contributed by atoms with van der Waals surface area (Å²) in [7, 11) is 0. The third kappa shape index (κ3) is 3.18. The number of alkyl halides is 1. The quantitative estimate of drug-likeness (QED) is 0.682. The van der Waals surface area contributed by atoms with E-state index in [1.54, 1.807) is 20.8 Å². The van der Waals surface area contributed by atoms with Gasteiger partial charge in [-0.3, -0.25) is 0 Å². The molecule has 92 valence electrons. The van der Waals surface area contributed by atoms with E-state index in [1.807, 2.05) is 0 Å². The molecule has 0 spiro atoms. The van der Waals surface area contributed by atoms with Crippen molar-refractivity contribution in [1.29, 1.82) is 0 Å². The van der Waals surface area contributed by atoms with Gasteiger partial charge < -0.3 is 14.4 Å². The van der Waals surface area contributed by atoms with Crippen molar-refractivity contribution in [2.75, 3.05) is 6.54 Å². The van der Waals surface area contributed by atoms with E-state index in [2.05, 4.69) is 0 Å². The lowest BCUT2D eigenvalue weighted by molar-refractivity contribution is -0.113. The molecule has 2 unspecified atom stereocenters. The van der Waals surface area contributed by atoms with Gasteiger partial charge in [0.25, 0.3) is 0 Å². The maximum absolute atomic E-state index is 13.3. The molecule has 5 heteroatoms. The zero-order valence-corrected chi connectivity index (χ0v) is 9.90. The predicted octanol–water partition coefficient (Wildman–Crippen LogP) is 1.92. The number of carbonyl (C=O) groups is 2. The van der Waals surface area contributed by atoms with Gasteiger partial charge in [-0.15, -0.1) is 0 Å². The van der Waals surface area contributed by atoms with E-state index in [0.29, 0.717) is 19.4 Å². The van der Waals surface area contributed by atoms with Crippen LogP contribution in [0.25, 0.3) is 0 Å². The number of hydrogen-bond donors (Lipinski definition) is 0. The van der Waals surface area contributed by atoms with E-state index in [9.17, 15) is 14.0 Å². The summed E-state index contributed by atoms with van der Waals surface area (Å²) in [6.45, 7) is 5.71. The molecule has 1 heterocycles. The van der Waals surface area contributed by atoms with Crippen molar-refractivity contribution in [2.24, 2.45) is 0 Å². The summed E-state index contributed by atoms with van der Waals surface area (Å²) in [6.07, 6.45) is -0.695. The Morgan fingerprint density at radius 3 is 2.69 bits per heavy atom. The molecule has 1 aliphatic heterocycles. The van der Waals surface area contributed by atoms with Gasteiger partial charge in [-0.05, 0) is 33.6 Å². The van der Waals surface area contributed by atoms with Gasteiger partial charge in [-0.2, -0.15) is 0 Å². The van der Waals surface area contributed by atoms with Crippen LogP contribution in [0.15, 0.2) is 0 Å². The molecule has 0 aromatic rings. The molecular weight excluding hydrogens is 213 g/mol. The van der Waals surface area contributed by atoms with Crippen LogP contribution in [0, 0.1) is 0 Å². The van der Waals surface area contributed by atoms with Gasteiger partial charge in [0.2, 0.25) is 0 Å². The number of ether oxygens (including phenoxy) is 1. The van der Waals surface area contributed by atoms with Crippen LogP contribution in [0.1, 0.15) is 33.6 Å². The molecule has 4 nitrogen and oxygen atoms in total. The van der Waals surface area contributed by atoms with Crippen molar-refractivity contribution < 1.29 is 18.7 Å². The fraction of sp³-hybridized carbons (Fsp3) is 0.818. The van der Waals surface area contributed by atoms with Crippen molar-refractivity contribution in [3.8, 4) is 0 Å². The zero-order chi connectivity index (χ0) is 12.3. The second-order valence-corrected chi connectivity index (χ2v) is 4.96. The Hall–Kier alpha value is -1.13. The number of halogens is 1. The van der Waals surface area contributed by atoms with Crippen molar-refractivity contribution in [3.63, 3.8) is 0 Å². The first-order chi connectivity index (χ1) is 7.35. The van der Waals surface area contributed by atoms with Gasteiger partial charge in [0, 0.05) is 6.54 Å². The highest BCUT2D eigenvalue weighted by Gasteiger charge is 2.37. The molecule has 1 aliphatic rings. The Labute approximate surface area is 94.7 Å². The van der Waals surface area contributed by atoms with Crippen LogP contribution < -0.4 is 0 Å². The van der Waals surface area contributed by atoms with Crippen LogP contribution in [-0.2, 0) is 9.53 Å².